The molecule has 2 nitrogen and oxygen atoms in total. The van der Waals surface area contributed by atoms with Crippen LogP contribution in [-0.4, -0.2) is 19.8 Å². The average molecular weight is 275 g/mol. The third-order valence-corrected chi connectivity index (χ3v) is 5.02. The molecule has 0 aromatic heterocycles. The Morgan fingerprint density at radius 1 is 1.30 bits per heavy atom. The van der Waals surface area contributed by atoms with Gasteiger partial charge in [0.05, 0.1) is 12.1 Å². The van der Waals surface area contributed by atoms with Crippen molar-refractivity contribution in [2.75, 3.05) is 13.7 Å². The minimum atomic E-state index is 0.255. The van der Waals surface area contributed by atoms with Gasteiger partial charge in [0.1, 0.15) is 0 Å². The molecule has 1 aromatic rings. The molecule has 0 spiro atoms. The van der Waals surface area contributed by atoms with Gasteiger partial charge in [-0.25, -0.2) is 0 Å². The number of likely N-dealkylation sites (N-methyl/N-ethyl adjacent to an activating group) is 1. The summed E-state index contributed by atoms with van der Waals surface area (Å²) in [5.74, 6) is 0.624. The van der Waals surface area contributed by atoms with Crippen molar-refractivity contribution in [2.45, 2.75) is 58.1 Å². The maximum Gasteiger partial charge on any atom is 0.0795 e. The van der Waals surface area contributed by atoms with E-state index in [0.29, 0.717) is 18.1 Å². The third kappa shape index (κ3) is 3.07. The van der Waals surface area contributed by atoms with Crippen molar-refractivity contribution >= 4 is 0 Å². The predicted octanol–water partition coefficient (Wildman–Crippen LogP) is 4.06. The largest absolute Gasteiger partial charge is 0.376 e. The van der Waals surface area contributed by atoms with Crippen molar-refractivity contribution in [3.63, 3.8) is 0 Å². The fraction of sp³-hybridized carbons (Fsp3) is 0.667. The second-order valence-corrected chi connectivity index (χ2v) is 6.73. The summed E-state index contributed by atoms with van der Waals surface area (Å²) < 4.78 is 5.93. The second-order valence-electron chi connectivity index (χ2n) is 6.73. The van der Waals surface area contributed by atoms with E-state index < -0.39 is 0 Å². The Bertz CT molecular complexity index is 424. The Kier molecular flexibility index (Phi) is 4.87. The van der Waals surface area contributed by atoms with Crippen LogP contribution in [0.4, 0.5) is 0 Å². The fourth-order valence-corrected chi connectivity index (χ4v) is 3.01. The van der Waals surface area contributed by atoms with E-state index in [-0.39, 0.29) is 5.41 Å². The summed E-state index contributed by atoms with van der Waals surface area (Å²) in [6.45, 7) is 10.0. The summed E-state index contributed by atoms with van der Waals surface area (Å²) in [6.07, 6.45) is 2.62. The van der Waals surface area contributed by atoms with Crippen LogP contribution >= 0.6 is 0 Å². The molecule has 2 rings (SSSR count). The van der Waals surface area contributed by atoms with Gasteiger partial charge >= 0.3 is 0 Å². The maximum absolute atomic E-state index is 5.93. The van der Waals surface area contributed by atoms with Crippen LogP contribution in [0.2, 0.25) is 0 Å². The number of nitrogens with one attached hydrogen (secondary N) is 1. The van der Waals surface area contributed by atoms with Crippen LogP contribution in [0.5, 0.6) is 0 Å². The first kappa shape index (κ1) is 15.5. The maximum atomic E-state index is 5.93. The van der Waals surface area contributed by atoms with Crippen LogP contribution in [-0.2, 0) is 10.2 Å². The SMILES string of the molecule is CCC(C)(C)c1ccc(C(NC)C2OCCC2C)cc1. The van der Waals surface area contributed by atoms with E-state index in [0.717, 1.165) is 13.0 Å². The molecule has 0 bridgehead atoms. The molecule has 20 heavy (non-hydrogen) atoms. The minimum Gasteiger partial charge on any atom is -0.376 e. The van der Waals surface area contributed by atoms with Gasteiger partial charge in [0.15, 0.2) is 0 Å². The van der Waals surface area contributed by atoms with Gasteiger partial charge in [0.25, 0.3) is 0 Å². The van der Waals surface area contributed by atoms with Crippen molar-refractivity contribution < 1.29 is 4.74 Å². The average Bonchev–Trinajstić information content (AvgIpc) is 2.87. The van der Waals surface area contributed by atoms with Crippen molar-refractivity contribution in [1.82, 2.24) is 5.32 Å². The molecule has 0 amide bonds. The van der Waals surface area contributed by atoms with Gasteiger partial charge in [-0.05, 0) is 42.3 Å². The van der Waals surface area contributed by atoms with E-state index in [1.54, 1.807) is 0 Å². The fourth-order valence-electron chi connectivity index (χ4n) is 3.01. The summed E-state index contributed by atoms with van der Waals surface area (Å²) in [5, 5.41) is 3.44. The quantitative estimate of drug-likeness (QED) is 0.875. The summed E-state index contributed by atoms with van der Waals surface area (Å²) in [5.41, 5.74) is 3.01. The second kappa shape index (κ2) is 6.28. The highest BCUT2D eigenvalue weighted by Crippen LogP contribution is 2.33. The number of benzene rings is 1. The molecule has 1 aliphatic rings. The lowest BCUT2D eigenvalue weighted by Gasteiger charge is -2.28. The van der Waals surface area contributed by atoms with Crippen molar-refractivity contribution in [3.8, 4) is 0 Å². The molecule has 1 fully saturated rings. The zero-order valence-electron chi connectivity index (χ0n) is 13.6. The molecule has 1 N–H and O–H groups in total. The first-order chi connectivity index (χ1) is 9.49. The Morgan fingerprint density at radius 3 is 2.40 bits per heavy atom. The van der Waals surface area contributed by atoms with E-state index in [9.17, 15) is 0 Å². The van der Waals surface area contributed by atoms with Gasteiger partial charge < -0.3 is 10.1 Å². The van der Waals surface area contributed by atoms with Gasteiger partial charge in [0, 0.05) is 6.61 Å². The Labute approximate surface area is 123 Å². The van der Waals surface area contributed by atoms with Crippen LogP contribution in [0, 0.1) is 5.92 Å². The highest BCUT2D eigenvalue weighted by atomic mass is 16.5. The Balaban J connectivity index is 2.19. The van der Waals surface area contributed by atoms with Crippen LogP contribution in [0.15, 0.2) is 24.3 Å². The lowest BCUT2D eigenvalue weighted by molar-refractivity contribution is 0.0631. The zero-order chi connectivity index (χ0) is 14.8. The molecule has 0 aliphatic carbocycles. The topological polar surface area (TPSA) is 21.3 Å². The van der Waals surface area contributed by atoms with Gasteiger partial charge in [-0.2, -0.15) is 0 Å². The van der Waals surface area contributed by atoms with Crippen LogP contribution in [0.3, 0.4) is 0 Å². The predicted molar refractivity (Wildman–Crippen MR) is 85.1 cm³/mol. The van der Waals surface area contributed by atoms with Gasteiger partial charge in [-0.1, -0.05) is 52.0 Å². The highest BCUT2D eigenvalue weighted by Gasteiger charge is 2.32. The molecule has 1 saturated heterocycles. The third-order valence-electron chi connectivity index (χ3n) is 5.02. The summed E-state index contributed by atoms with van der Waals surface area (Å²) in [7, 11) is 2.03. The van der Waals surface area contributed by atoms with E-state index in [1.165, 1.54) is 17.5 Å². The minimum absolute atomic E-state index is 0.255. The van der Waals surface area contributed by atoms with Crippen LogP contribution < -0.4 is 5.32 Å². The van der Waals surface area contributed by atoms with Crippen molar-refractivity contribution in [1.29, 1.82) is 0 Å². The normalized spacial score (nSPS) is 24.9. The lowest BCUT2D eigenvalue weighted by Crippen LogP contribution is -2.32. The first-order valence-corrected chi connectivity index (χ1v) is 7.89. The zero-order valence-corrected chi connectivity index (χ0v) is 13.6. The number of ether oxygens (including phenoxy) is 1. The van der Waals surface area contributed by atoms with Gasteiger partial charge in [-0.3, -0.25) is 0 Å². The Morgan fingerprint density at radius 2 is 1.95 bits per heavy atom. The van der Waals surface area contributed by atoms with E-state index in [4.69, 9.17) is 4.74 Å². The van der Waals surface area contributed by atoms with Crippen molar-refractivity contribution in [2.24, 2.45) is 5.92 Å². The van der Waals surface area contributed by atoms with Crippen molar-refractivity contribution in [3.05, 3.63) is 35.4 Å². The molecule has 112 valence electrons. The summed E-state index contributed by atoms with van der Waals surface area (Å²) in [4.78, 5) is 0. The lowest BCUT2D eigenvalue weighted by atomic mass is 9.81. The van der Waals surface area contributed by atoms with Crippen LogP contribution in [0.25, 0.3) is 0 Å². The monoisotopic (exact) mass is 275 g/mol. The molecule has 1 heterocycles. The van der Waals surface area contributed by atoms with E-state index in [1.807, 2.05) is 7.05 Å². The number of hydrogen-bond donors (Lipinski definition) is 1. The molecule has 2 heteroatoms. The molecule has 3 unspecified atom stereocenters. The first-order valence-electron chi connectivity index (χ1n) is 7.89. The molecule has 0 radical (unpaired) electrons. The Hall–Kier alpha value is -0.860. The summed E-state index contributed by atoms with van der Waals surface area (Å²) >= 11 is 0. The van der Waals surface area contributed by atoms with Crippen LogP contribution in [0.1, 0.15) is 57.7 Å². The van der Waals surface area contributed by atoms with E-state index >= 15 is 0 Å². The number of hydrogen-bond acceptors (Lipinski definition) is 2. The smallest absolute Gasteiger partial charge is 0.0795 e. The summed E-state index contributed by atoms with van der Waals surface area (Å²) in [6, 6.07) is 9.39. The molecule has 1 aliphatic heterocycles. The van der Waals surface area contributed by atoms with Gasteiger partial charge in [-0.15, -0.1) is 0 Å². The molecular formula is C18H29NO. The molecular weight excluding hydrogens is 246 g/mol. The molecule has 3 atom stereocenters. The van der Waals surface area contributed by atoms with E-state index in [2.05, 4.69) is 57.3 Å². The number of rotatable bonds is 5. The highest BCUT2D eigenvalue weighted by molar-refractivity contribution is 5.30. The molecule has 1 aromatic carbocycles. The molecule has 0 saturated carbocycles. The van der Waals surface area contributed by atoms with Gasteiger partial charge in [0.2, 0.25) is 0 Å². The standard InChI is InChI=1S/C18H29NO/c1-6-18(3,4)15-9-7-14(8-10-15)16(19-5)17-13(2)11-12-20-17/h7-10,13,16-17,19H,6,11-12H2,1-5H3.